The number of aromatic nitrogens is 5. The first-order valence-corrected chi connectivity index (χ1v) is 48.1. The normalized spacial score (nSPS) is 14.9. The molecular weight excluding hydrogens is 1720 g/mol. The van der Waals surface area contributed by atoms with Gasteiger partial charge in [0.1, 0.15) is 28.5 Å². The number of fused-ring (bicyclic) bond motifs is 6. The molecule has 8 atom stereocenters. The number of aryl methyl sites for hydroxylation is 4. The predicted molar refractivity (Wildman–Crippen MR) is 563 cm³/mol. The first kappa shape index (κ1) is 102. The van der Waals surface area contributed by atoms with Gasteiger partial charge >= 0.3 is 0 Å². The highest BCUT2D eigenvalue weighted by Crippen LogP contribution is 2.39. The van der Waals surface area contributed by atoms with Gasteiger partial charge in [0.2, 0.25) is 6.79 Å². The molecule has 28 N–H and O–H groups in total. The fourth-order valence-electron chi connectivity index (χ4n) is 17.3. The second kappa shape index (κ2) is 49.0. The molecule has 10 aromatic carbocycles. The number of amides is 5. The SMILES string of the molecule is C.Cc1ccc(-c2ccc3[nH]c(C(=O)NC[C@H](N)CCCN)cc3c2)cc1.Cc1ccc(-c2ccc3cc(C(=O)NC(C)[C@@H](N)CCCN)[nH]c3c2)cc1.Cc1ccc(-c2ccc3cc(C(=O)NC[C@@H](N)CCC(N)C4CC4)[nH]c3c2)cc1.Cc1ccc(-c2ccc3cc(C(=O)NC[C@H]4CC[C@@H](CN)C4)[nH]c3c2)cc1.NCCC[C@@H](N)CNC(=O)c1cc2ccc(-c3ccc4c(c3)OCO4)cc2[nH]1. The van der Waals surface area contributed by atoms with Crippen molar-refractivity contribution in [2.45, 2.75) is 162 Å². The van der Waals surface area contributed by atoms with E-state index in [1.807, 2.05) is 91.9 Å². The van der Waals surface area contributed by atoms with Crippen molar-refractivity contribution >= 4 is 84.1 Å². The Morgan fingerprint density at radius 2 is 0.674 bits per heavy atom. The first-order chi connectivity index (χ1) is 66.3. The number of H-pyrrole nitrogens is 5. The number of rotatable bonds is 34. The first-order valence-electron chi connectivity index (χ1n) is 48.1. The van der Waals surface area contributed by atoms with E-state index in [4.69, 9.17) is 61.1 Å². The molecule has 138 heavy (non-hydrogen) atoms. The van der Waals surface area contributed by atoms with Gasteiger partial charge < -0.3 is 113 Å². The zero-order valence-electron chi connectivity index (χ0n) is 79.3. The zero-order valence-corrected chi connectivity index (χ0v) is 79.3. The van der Waals surface area contributed by atoms with Crippen LogP contribution in [0.4, 0.5) is 0 Å². The van der Waals surface area contributed by atoms with E-state index in [9.17, 15) is 24.0 Å². The molecule has 5 aromatic heterocycles. The summed E-state index contributed by atoms with van der Waals surface area (Å²) in [7, 11) is 0. The molecular formula is C112H139N19O7. The summed E-state index contributed by atoms with van der Waals surface area (Å²) in [5.41, 5.74) is 76.3. The average Bonchev–Trinajstić information content (AvgIpc) is 1.64. The Hall–Kier alpha value is -13.5. The van der Waals surface area contributed by atoms with Crippen molar-refractivity contribution in [1.29, 1.82) is 0 Å². The lowest BCUT2D eigenvalue weighted by Gasteiger charge is -2.20. The van der Waals surface area contributed by atoms with E-state index in [2.05, 4.69) is 231 Å². The molecule has 1 aliphatic heterocycles. The molecule has 2 unspecified atom stereocenters. The average molecular weight is 1860 g/mol. The molecule has 3 aliphatic rings. The second-order valence-electron chi connectivity index (χ2n) is 37.2. The third kappa shape index (κ3) is 28.1. The van der Waals surface area contributed by atoms with Crippen molar-refractivity contribution in [2.24, 2.45) is 69.4 Å². The van der Waals surface area contributed by atoms with Crippen LogP contribution in [-0.4, -0.2) is 150 Å². The fraction of sp³-hybridized carbons (Fsp3) is 0.330. The van der Waals surface area contributed by atoms with Crippen molar-refractivity contribution in [1.82, 2.24) is 51.5 Å². The summed E-state index contributed by atoms with van der Waals surface area (Å²) in [6.45, 7) is 15.2. The smallest absolute Gasteiger partial charge is 0.267 e. The summed E-state index contributed by atoms with van der Waals surface area (Å²) < 4.78 is 10.8. The maximum absolute atomic E-state index is 12.6. The third-order valence-electron chi connectivity index (χ3n) is 26.1. The number of hydrogen-bond donors (Lipinski definition) is 19. The Bertz CT molecular complexity index is 6550. The number of benzene rings is 10. The molecule has 26 nitrogen and oxygen atoms in total. The van der Waals surface area contributed by atoms with Gasteiger partial charge in [0.25, 0.3) is 29.5 Å². The molecule has 5 amide bonds. The summed E-state index contributed by atoms with van der Waals surface area (Å²) in [6, 6.07) is 79.8. The molecule has 0 radical (unpaired) electrons. The number of carbonyl (C=O) groups excluding carboxylic acids is 5. The highest BCUT2D eigenvalue weighted by Gasteiger charge is 2.29. The Labute approximate surface area is 809 Å². The maximum atomic E-state index is 12.6. The van der Waals surface area contributed by atoms with Crippen molar-refractivity contribution in [2.75, 3.05) is 59.2 Å². The van der Waals surface area contributed by atoms with Gasteiger partial charge in [0.05, 0.1) is 0 Å². The number of nitrogens with two attached hydrogens (primary N) is 9. The topological polar surface area (TPSA) is 477 Å². The van der Waals surface area contributed by atoms with E-state index in [0.717, 1.165) is 193 Å². The standard InChI is InChI=1S/C24H30N4O.C23H27N3O.C22H28N4O.C21H24N4O3.C21H26N4O.CH4/c1-15-2-4-16(5-3-15)18-8-9-19-13-23(28-22(19)12-18)24(29)27-14-20(25)10-11-21(26)17-6-7-17;1-15-2-6-18(7-3-15)19-8-9-20-12-22(26-21(20)11-19)23(27)25-14-17-5-4-16(10-17)13-24;1-14-5-7-16(8-6-14)17-9-10-18-13-21(26-20(18)12-17)22(27)25-15(2)19(24)4-3-11-23;22-7-1-2-16(23)11-24-21(26)18-9-15-4-3-13(8-17(15)25-18)14-5-6-19-20(10-14)28-12-27-19;1-14-4-6-15(7-5-14)16-8-9-19-17(11-16)12-20(25-19)21(26)24-13-18(23)3-2-10-22;/h2-5,8-9,12-13,17,20-21,28H,6-7,10-11,14,25-26H2,1H3,(H,27,29);2-3,6-9,11-12,16-17,26H,4-5,10,13-14,24H2,1H3,(H,25,27);5-10,12-13,15,19,26H,3-4,11,23-24H2,1-2H3,(H,25,27);3-6,8-10,16,25H,1-2,7,11-12,22-23H2,(H,24,26);4-9,11-12,18,25H,2-3,10,13,22-23H2,1H3,(H,24,26);1H4/t20-,21?;16-,17+;15?,19-;16-;18-;/m01011./s1. The highest BCUT2D eigenvalue weighted by molar-refractivity contribution is 6.03. The van der Waals surface area contributed by atoms with Crippen LogP contribution in [0.15, 0.2) is 237 Å². The lowest BCUT2D eigenvalue weighted by Crippen LogP contribution is -2.45. The van der Waals surface area contributed by atoms with Crippen LogP contribution in [0.3, 0.4) is 0 Å². The minimum atomic E-state index is -0.163. The predicted octanol–water partition coefficient (Wildman–Crippen LogP) is 17.2. The molecule has 2 saturated carbocycles. The van der Waals surface area contributed by atoms with E-state index in [1.54, 1.807) is 0 Å². The fourth-order valence-corrected chi connectivity index (χ4v) is 17.3. The monoisotopic (exact) mass is 1860 g/mol. The van der Waals surface area contributed by atoms with E-state index in [1.165, 1.54) is 47.1 Å². The molecule has 2 aliphatic carbocycles. The summed E-state index contributed by atoms with van der Waals surface area (Å²) in [4.78, 5) is 78.6. The summed E-state index contributed by atoms with van der Waals surface area (Å²) in [6.07, 6.45) is 12.7. The van der Waals surface area contributed by atoms with Crippen molar-refractivity contribution in [3.8, 4) is 67.1 Å². The van der Waals surface area contributed by atoms with Gasteiger partial charge in [-0.2, -0.15) is 0 Å². The Balaban J connectivity index is 0.000000145. The zero-order chi connectivity index (χ0) is 96.6. The van der Waals surface area contributed by atoms with Crippen LogP contribution in [0.2, 0.25) is 0 Å². The van der Waals surface area contributed by atoms with Crippen molar-refractivity contribution in [3.63, 3.8) is 0 Å². The Kier molecular flexibility index (Phi) is 36.2. The number of ether oxygens (including phenoxy) is 2. The van der Waals surface area contributed by atoms with Crippen LogP contribution in [0.5, 0.6) is 11.5 Å². The molecule has 0 bridgehead atoms. The van der Waals surface area contributed by atoms with Gasteiger partial charge in [-0.05, 0) is 297 Å². The summed E-state index contributed by atoms with van der Waals surface area (Å²) in [5, 5.41) is 19.9. The molecule has 0 saturated heterocycles. The van der Waals surface area contributed by atoms with Gasteiger partial charge in [-0.3, -0.25) is 24.0 Å². The minimum Gasteiger partial charge on any atom is -0.454 e. The highest BCUT2D eigenvalue weighted by atomic mass is 16.7. The van der Waals surface area contributed by atoms with Crippen LogP contribution < -0.4 is 87.7 Å². The number of nitrogens with one attached hydrogen (secondary N) is 10. The molecule has 26 heteroatoms. The minimum absolute atomic E-state index is 0. The Morgan fingerprint density at radius 3 is 1.08 bits per heavy atom. The van der Waals surface area contributed by atoms with Gasteiger partial charge in [-0.1, -0.05) is 187 Å². The third-order valence-corrected chi connectivity index (χ3v) is 26.1. The quantitative estimate of drug-likeness (QED) is 0.0178. The number of hydrogen-bond acceptors (Lipinski definition) is 16. The van der Waals surface area contributed by atoms with E-state index >= 15 is 0 Å². The summed E-state index contributed by atoms with van der Waals surface area (Å²) in [5.74, 6) is 2.78. The van der Waals surface area contributed by atoms with Crippen LogP contribution in [0.25, 0.3) is 110 Å². The maximum Gasteiger partial charge on any atom is 0.267 e. The van der Waals surface area contributed by atoms with Crippen LogP contribution in [0, 0.1) is 45.4 Å². The molecule has 18 rings (SSSR count). The molecule has 724 valence electrons. The Morgan fingerprint density at radius 1 is 0.341 bits per heavy atom. The molecule has 0 spiro atoms. The number of carbonyl (C=O) groups is 5. The lowest BCUT2D eigenvalue weighted by atomic mass is 10.0. The van der Waals surface area contributed by atoms with E-state index in [-0.39, 0.29) is 80.0 Å². The van der Waals surface area contributed by atoms with Gasteiger partial charge in [0.15, 0.2) is 11.5 Å². The van der Waals surface area contributed by atoms with Crippen LogP contribution >= 0.6 is 0 Å². The second-order valence-corrected chi connectivity index (χ2v) is 37.2. The summed E-state index contributed by atoms with van der Waals surface area (Å²) >= 11 is 0. The lowest BCUT2D eigenvalue weighted by molar-refractivity contribution is 0.0924. The largest absolute Gasteiger partial charge is 0.454 e. The number of aromatic amines is 5. The van der Waals surface area contributed by atoms with Gasteiger partial charge in [-0.25, -0.2) is 0 Å². The van der Waals surface area contributed by atoms with Crippen molar-refractivity contribution < 1.29 is 33.4 Å². The molecule has 6 heterocycles. The van der Waals surface area contributed by atoms with E-state index in [0.29, 0.717) is 85.5 Å². The van der Waals surface area contributed by atoms with E-state index < -0.39 is 0 Å². The van der Waals surface area contributed by atoms with Crippen LogP contribution in [-0.2, 0) is 0 Å². The van der Waals surface area contributed by atoms with Gasteiger partial charge in [-0.15, -0.1) is 0 Å². The van der Waals surface area contributed by atoms with Crippen molar-refractivity contribution in [3.05, 3.63) is 287 Å². The molecule has 15 aromatic rings. The van der Waals surface area contributed by atoms with Crippen LogP contribution in [0.1, 0.15) is 173 Å². The molecule has 2 fully saturated rings. The van der Waals surface area contributed by atoms with Gasteiger partial charge in [0, 0.05) is 117 Å².